The minimum atomic E-state index is -0.464. The molecule has 0 bridgehead atoms. The minimum absolute atomic E-state index is 0.00505. The molecule has 1 amide bonds. The van der Waals surface area contributed by atoms with Crippen molar-refractivity contribution in [2.45, 2.75) is 18.6 Å². The largest absolute Gasteiger partial charge is 0.389 e. The summed E-state index contributed by atoms with van der Waals surface area (Å²) >= 11 is 0. The van der Waals surface area contributed by atoms with Crippen LogP contribution in [0.15, 0.2) is 35.1 Å². The van der Waals surface area contributed by atoms with Crippen LogP contribution in [0.4, 0.5) is 0 Å². The fraction of sp³-hybridized carbons (Fsp3) is 0.474. The number of nitrogens with zero attached hydrogens (tertiary/aromatic N) is 2. The first-order valence-electron chi connectivity index (χ1n) is 9.05. The molecule has 7 heteroatoms. The van der Waals surface area contributed by atoms with Crippen LogP contribution in [0.2, 0.25) is 0 Å². The molecule has 3 heterocycles. The summed E-state index contributed by atoms with van der Waals surface area (Å²) in [6, 6.07) is 8.76. The molecular weight excluding hydrogens is 334 g/mol. The number of carbonyl (C=O) groups is 1. The number of ether oxygens (including phenoxy) is 1. The fourth-order valence-electron chi connectivity index (χ4n) is 3.90. The highest BCUT2D eigenvalue weighted by Crippen LogP contribution is 2.19. The lowest BCUT2D eigenvalue weighted by Gasteiger charge is -2.28. The smallest absolute Gasteiger partial charge is 0.254 e. The molecule has 0 unspecified atom stereocenters. The van der Waals surface area contributed by atoms with E-state index >= 15 is 0 Å². The summed E-state index contributed by atoms with van der Waals surface area (Å²) in [4.78, 5) is 31.8. The van der Waals surface area contributed by atoms with Gasteiger partial charge in [-0.15, -0.1) is 0 Å². The van der Waals surface area contributed by atoms with Crippen molar-refractivity contribution in [3.63, 3.8) is 0 Å². The van der Waals surface area contributed by atoms with Gasteiger partial charge < -0.3 is 19.7 Å². The maximum atomic E-state index is 13.1. The summed E-state index contributed by atoms with van der Waals surface area (Å²) in [5.74, 6) is -0.114. The Hall–Kier alpha value is -2.22. The van der Waals surface area contributed by atoms with Crippen molar-refractivity contribution < 1.29 is 14.6 Å². The van der Waals surface area contributed by atoms with Crippen LogP contribution in [-0.2, 0) is 4.74 Å². The van der Waals surface area contributed by atoms with E-state index in [0.717, 1.165) is 18.4 Å². The number of hydrogen-bond donors (Lipinski definition) is 2. The van der Waals surface area contributed by atoms with Crippen molar-refractivity contribution >= 4 is 16.8 Å². The molecule has 0 saturated carbocycles. The standard InChI is InChI=1S/C19H23N3O4/c23-17-12-26-11-16(17)21-6-3-7-22(9-8-21)19(25)14-10-18(24)20-15-5-2-1-4-13(14)15/h1-2,4-5,10,16-17,23H,3,6-9,11-12H2,(H,20,24)/t16-,17-/m0/s1. The molecule has 138 valence electrons. The van der Waals surface area contributed by atoms with Gasteiger partial charge in [-0.1, -0.05) is 18.2 Å². The molecular formula is C19H23N3O4. The molecule has 2 fully saturated rings. The maximum absolute atomic E-state index is 13.1. The predicted molar refractivity (Wildman–Crippen MR) is 97.3 cm³/mol. The van der Waals surface area contributed by atoms with Crippen molar-refractivity contribution in [1.82, 2.24) is 14.8 Å². The summed E-state index contributed by atoms with van der Waals surface area (Å²) in [6.07, 6.45) is 0.365. The summed E-state index contributed by atoms with van der Waals surface area (Å²) in [5.41, 5.74) is 0.850. The number of H-pyrrole nitrogens is 1. The van der Waals surface area contributed by atoms with Crippen LogP contribution < -0.4 is 5.56 Å². The second-order valence-electron chi connectivity index (χ2n) is 6.95. The highest BCUT2D eigenvalue weighted by atomic mass is 16.5. The van der Waals surface area contributed by atoms with Crippen LogP contribution in [0.1, 0.15) is 16.8 Å². The molecule has 2 aliphatic rings. The number of carbonyl (C=O) groups excluding carboxylic acids is 1. The number of pyridine rings is 1. The average molecular weight is 357 g/mol. The highest BCUT2D eigenvalue weighted by molar-refractivity contribution is 6.05. The van der Waals surface area contributed by atoms with Crippen LogP contribution in [-0.4, -0.2) is 77.3 Å². The Morgan fingerprint density at radius 1 is 1.15 bits per heavy atom. The van der Waals surface area contributed by atoms with E-state index in [-0.39, 0.29) is 17.5 Å². The lowest BCUT2D eigenvalue weighted by Crippen LogP contribution is -2.45. The Kier molecular flexibility index (Phi) is 4.76. The van der Waals surface area contributed by atoms with Gasteiger partial charge in [0, 0.05) is 43.1 Å². The fourth-order valence-corrected chi connectivity index (χ4v) is 3.90. The molecule has 2 aromatic rings. The van der Waals surface area contributed by atoms with Gasteiger partial charge in [0.25, 0.3) is 5.91 Å². The Morgan fingerprint density at radius 2 is 2.00 bits per heavy atom. The van der Waals surface area contributed by atoms with Crippen molar-refractivity contribution in [2.24, 2.45) is 0 Å². The normalized spacial score (nSPS) is 24.7. The maximum Gasteiger partial charge on any atom is 0.254 e. The van der Waals surface area contributed by atoms with Crippen molar-refractivity contribution in [3.05, 3.63) is 46.2 Å². The van der Waals surface area contributed by atoms with Gasteiger partial charge in [0.1, 0.15) is 0 Å². The first-order valence-corrected chi connectivity index (χ1v) is 9.05. The number of hydrogen-bond acceptors (Lipinski definition) is 5. The van der Waals surface area contributed by atoms with Crippen LogP contribution in [0.3, 0.4) is 0 Å². The molecule has 7 nitrogen and oxygen atoms in total. The van der Waals surface area contributed by atoms with Gasteiger partial charge >= 0.3 is 0 Å². The van der Waals surface area contributed by atoms with Gasteiger partial charge in [0.2, 0.25) is 5.56 Å². The Bertz CT molecular complexity index is 865. The van der Waals surface area contributed by atoms with Crippen molar-refractivity contribution in [3.8, 4) is 0 Å². The molecule has 0 radical (unpaired) electrons. The SMILES string of the molecule is O=C(c1cc(=O)[nH]c2ccccc12)N1CCCN([C@H]2COC[C@@H]2O)CC1. The molecule has 1 aromatic heterocycles. The number of nitrogens with one attached hydrogen (secondary N) is 1. The molecule has 4 rings (SSSR count). The average Bonchev–Trinajstić information content (AvgIpc) is 2.92. The molecule has 2 aliphatic heterocycles. The van der Waals surface area contributed by atoms with Gasteiger partial charge in [-0.3, -0.25) is 14.5 Å². The molecule has 1 aromatic carbocycles. The number of aromatic nitrogens is 1. The molecule has 2 saturated heterocycles. The second kappa shape index (κ2) is 7.19. The summed E-state index contributed by atoms with van der Waals surface area (Å²) in [6.45, 7) is 3.64. The molecule has 0 spiro atoms. The summed E-state index contributed by atoms with van der Waals surface area (Å²) in [5, 5.41) is 10.8. The van der Waals surface area contributed by atoms with Crippen LogP contribution in [0.25, 0.3) is 10.9 Å². The number of aliphatic hydroxyl groups is 1. The zero-order valence-corrected chi connectivity index (χ0v) is 14.6. The van der Waals surface area contributed by atoms with E-state index in [2.05, 4.69) is 9.88 Å². The summed E-state index contributed by atoms with van der Waals surface area (Å²) < 4.78 is 5.36. The Morgan fingerprint density at radius 3 is 2.81 bits per heavy atom. The quantitative estimate of drug-likeness (QED) is 0.814. The van der Waals surface area contributed by atoms with E-state index in [1.54, 1.807) is 6.07 Å². The lowest BCUT2D eigenvalue weighted by molar-refractivity contribution is 0.0726. The monoisotopic (exact) mass is 357 g/mol. The third kappa shape index (κ3) is 3.25. The number of aromatic amines is 1. The van der Waals surface area contributed by atoms with Crippen molar-refractivity contribution in [1.29, 1.82) is 0 Å². The van der Waals surface area contributed by atoms with Gasteiger partial charge in [0.05, 0.1) is 30.9 Å². The Balaban J connectivity index is 1.55. The third-order valence-electron chi connectivity index (χ3n) is 5.29. The van der Waals surface area contributed by atoms with E-state index in [9.17, 15) is 14.7 Å². The Labute approximate surface area is 151 Å². The lowest BCUT2D eigenvalue weighted by atomic mass is 10.1. The van der Waals surface area contributed by atoms with E-state index in [0.29, 0.717) is 43.9 Å². The number of fused-ring (bicyclic) bond motifs is 1. The minimum Gasteiger partial charge on any atom is -0.389 e. The highest BCUT2D eigenvalue weighted by Gasteiger charge is 2.33. The van der Waals surface area contributed by atoms with Gasteiger partial charge in [-0.05, 0) is 12.5 Å². The number of para-hydroxylation sites is 1. The molecule has 2 N–H and O–H groups in total. The third-order valence-corrected chi connectivity index (χ3v) is 5.29. The number of rotatable bonds is 2. The number of aliphatic hydroxyl groups excluding tert-OH is 1. The van der Waals surface area contributed by atoms with E-state index in [1.807, 2.05) is 23.1 Å². The molecule has 2 atom stereocenters. The van der Waals surface area contributed by atoms with Gasteiger partial charge in [-0.25, -0.2) is 0 Å². The topological polar surface area (TPSA) is 85.9 Å². The summed E-state index contributed by atoms with van der Waals surface area (Å²) in [7, 11) is 0. The van der Waals surface area contributed by atoms with Crippen molar-refractivity contribution in [2.75, 3.05) is 39.4 Å². The first-order chi connectivity index (χ1) is 12.6. The predicted octanol–water partition coefficient (Wildman–Crippen LogP) is 0.436. The zero-order chi connectivity index (χ0) is 18.1. The van der Waals surface area contributed by atoms with E-state index in [1.165, 1.54) is 6.07 Å². The molecule has 0 aliphatic carbocycles. The van der Waals surface area contributed by atoms with Gasteiger partial charge in [0.15, 0.2) is 0 Å². The number of benzene rings is 1. The van der Waals surface area contributed by atoms with E-state index in [4.69, 9.17) is 4.74 Å². The van der Waals surface area contributed by atoms with Crippen LogP contribution in [0.5, 0.6) is 0 Å². The van der Waals surface area contributed by atoms with Crippen LogP contribution >= 0.6 is 0 Å². The first kappa shape index (κ1) is 17.2. The second-order valence-corrected chi connectivity index (χ2v) is 6.95. The van der Waals surface area contributed by atoms with Crippen LogP contribution in [0, 0.1) is 0 Å². The van der Waals surface area contributed by atoms with Gasteiger partial charge in [-0.2, -0.15) is 0 Å². The molecule has 26 heavy (non-hydrogen) atoms. The zero-order valence-electron chi connectivity index (χ0n) is 14.6. The van der Waals surface area contributed by atoms with E-state index < -0.39 is 6.10 Å². The number of amides is 1.